The molecule has 0 radical (unpaired) electrons. The topological polar surface area (TPSA) is 46.5 Å². The second kappa shape index (κ2) is 10.4. The van der Waals surface area contributed by atoms with Crippen LogP contribution in [-0.2, 0) is 9.09 Å². The number of halogens is 1. The highest BCUT2D eigenvalue weighted by Gasteiger charge is 2.21. The van der Waals surface area contributed by atoms with Gasteiger partial charge in [0, 0.05) is 11.2 Å². The second-order valence-electron chi connectivity index (χ2n) is 4.52. The van der Waals surface area contributed by atoms with Crippen LogP contribution in [0.2, 0.25) is 0 Å². The lowest BCUT2D eigenvalue weighted by Gasteiger charge is -2.17. The number of hydrogen-bond acceptors (Lipinski definition) is 2. The van der Waals surface area contributed by atoms with Crippen molar-refractivity contribution in [2.24, 2.45) is 0 Å². The SMILES string of the molecule is CCCCCCCC(CCCC)OP(=O)(O)Cl. The summed E-state index contributed by atoms with van der Waals surface area (Å²) in [6, 6.07) is 0. The van der Waals surface area contributed by atoms with E-state index in [2.05, 4.69) is 13.8 Å². The third-order valence-corrected chi connectivity index (χ3v) is 3.59. The fraction of sp³-hybridized carbons (Fsp3) is 1.00. The molecular formula is C12H26ClO3P. The zero-order chi connectivity index (χ0) is 13.1. The Morgan fingerprint density at radius 2 is 1.59 bits per heavy atom. The summed E-state index contributed by atoms with van der Waals surface area (Å²) >= 11 is 5.26. The smallest absolute Gasteiger partial charge is 0.313 e. The standard InChI is InChI=1S/C12H26ClO3P/c1-3-5-7-8-9-11-12(10-6-4-2)16-17(13,14)15/h12H,3-11H2,1-2H3,(H,14,15). The van der Waals surface area contributed by atoms with Crippen LogP contribution in [0.4, 0.5) is 0 Å². The van der Waals surface area contributed by atoms with E-state index in [-0.39, 0.29) is 6.10 Å². The van der Waals surface area contributed by atoms with Crippen LogP contribution in [-0.4, -0.2) is 11.0 Å². The number of unbranched alkanes of at least 4 members (excludes halogenated alkanes) is 5. The zero-order valence-corrected chi connectivity index (χ0v) is 12.7. The molecule has 0 aliphatic rings. The van der Waals surface area contributed by atoms with E-state index in [1.54, 1.807) is 0 Å². The Morgan fingerprint density at radius 3 is 2.12 bits per heavy atom. The molecule has 0 heterocycles. The summed E-state index contributed by atoms with van der Waals surface area (Å²) in [6.45, 7) is 0.427. The van der Waals surface area contributed by atoms with Crippen LogP contribution in [0.15, 0.2) is 0 Å². The maximum atomic E-state index is 11.0. The molecule has 3 nitrogen and oxygen atoms in total. The van der Waals surface area contributed by atoms with E-state index in [0.717, 1.165) is 38.5 Å². The third kappa shape index (κ3) is 12.7. The Hall–Kier alpha value is 0.440. The molecule has 5 heteroatoms. The van der Waals surface area contributed by atoms with Crippen LogP contribution < -0.4 is 0 Å². The average molecular weight is 285 g/mol. The second-order valence-corrected chi connectivity index (χ2v) is 6.92. The maximum Gasteiger partial charge on any atom is 0.421 e. The lowest BCUT2D eigenvalue weighted by molar-refractivity contribution is 0.159. The Labute approximate surface area is 110 Å². The molecule has 0 aliphatic heterocycles. The molecule has 2 unspecified atom stereocenters. The van der Waals surface area contributed by atoms with Crippen LogP contribution in [0.25, 0.3) is 0 Å². The Morgan fingerprint density at radius 1 is 1.06 bits per heavy atom. The highest BCUT2D eigenvalue weighted by atomic mass is 35.7. The van der Waals surface area contributed by atoms with Gasteiger partial charge in [-0.05, 0) is 12.8 Å². The van der Waals surface area contributed by atoms with Crippen molar-refractivity contribution in [1.82, 2.24) is 0 Å². The quantitative estimate of drug-likeness (QED) is 0.416. The van der Waals surface area contributed by atoms with E-state index in [9.17, 15) is 4.57 Å². The Kier molecular flexibility index (Phi) is 10.6. The van der Waals surface area contributed by atoms with Crippen LogP contribution in [0.3, 0.4) is 0 Å². The molecule has 17 heavy (non-hydrogen) atoms. The van der Waals surface area contributed by atoms with Crippen LogP contribution >= 0.6 is 18.2 Å². The average Bonchev–Trinajstić information content (AvgIpc) is 2.23. The third-order valence-electron chi connectivity index (χ3n) is 2.79. The monoisotopic (exact) mass is 284 g/mol. The summed E-state index contributed by atoms with van der Waals surface area (Å²) in [5.74, 6) is 0. The van der Waals surface area contributed by atoms with Crippen LogP contribution in [0.5, 0.6) is 0 Å². The van der Waals surface area contributed by atoms with Crippen molar-refractivity contribution in [2.45, 2.75) is 77.7 Å². The van der Waals surface area contributed by atoms with Crippen molar-refractivity contribution < 1.29 is 14.0 Å². The van der Waals surface area contributed by atoms with Gasteiger partial charge in [0.25, 0.3) is 0 Å². The normalized spacial score (nSPS) is 16.7. The molecule has 0 aromatic heterocycles. The minimum Gasteiger partial charge on any atom is -0.313 e. The number of hydrogen-bond donors (Lipinski definition) is 1. The van der Waals surface area contributed by atoms with Crippen molar-refractivity contribution in [3.05, 3.63) is 0 Å². The van der Waals surface area contributed by atoms with Gasteiger partial charge >= 0.3 is 6.95 Å². The minimum absolute atomic E-state index is 0.162. The lowest BCUT2D eigenvalue weighted by atomic mass is 10.0. The molecular weight excluding hydrogens is 259 g/mol. The molecule has 0 saturated heterocycles. The van der Waals surface area contributed by atoms with Crippen molar-refractivity contribution in [2.75, 3.05) is 0 Å². The summed E-state index contributed by atoms with van der Waals surface area (Å²) < 4.78 is 16.0. The summed E-state index contributed by atoms with van der Waals surface area (Å²) in [4.78, 5) is 9.03. The first-order chi connectivity index (χ1) is 7.99. The van der Waals surface area contributed by atoms with Gasteiger partial charge in [0.1, 0.15) is 0 Å². The Bertz CT molecular complexity index is 218. The summed E-state index contributed by atoms with van der Waals surface area (Å²) in [5.41, 5.74) is 0. The van der Waals surface area contributed by atoms with Gasteiger partial charge in [0.05, 0.1) is 6.10 Å². The predicted octanol–water partition coefficient (Wildman–Crippen LogP) is 5.26. The van der Waals surface area contributed by atoms with E-state index in [1.807, 2.05) is 0 Å². The molecule has 0 aromatic rings. The molecule has 2 atom stereocenters. The lowest BCUT2D eigenvalue weighted by Crippen LogP contribution is -2.10. The first-order valence-corrected chi connectivity index (χ1v) is 9.18. The summed E-state index contributed by atoms with van der Waals surface area (Å²) in [5, 5.41) is 0. The van der Waals surface area contributed by atoms with Crippen LogP contribution in [0, 0.1) is 0 Å². The van der Waals surface area contributed by atoms with Crippen molar-refractivity contribution in [1.29, 1.82) is 0 Å². The van der Waals surface area contributed by atoms with Crippen LogP contribution in [0.1, 0.15) is 71.6 Å². The zero-order valence-electron chi connectivity index (χ0n) is 11.0. The molecule has 0 amide bonds. The predicted molar refractivity (Wildman–Crippen MR) is 73.5 cm³/mol. The van der Waals surface area contributed by atoms with Gasteiger partial charge in [-0.2, -0.15) is 0 Å². The van der Waals surface area contributed by atoms with Crippen molar-refractivity contribution >= 4 is 18.2 Å². The highest BCUT2D eigenvalue weighted by molar-refractivity contribution is 7.80. The van der Waals surface area contributed by atoms with Gasteiger partial charge in [0.15, 0.2) is 0 Å². The van der Waals surface area contributed by atoms with Gasteiger partial charge in [-0.3, -0.25) is 4.52 Å². The molecule has 0 spiro atoms. The van der Waals surface area contributed by atoms with E-state index in [0.29, 0.717) is 0 Å². The van der Waals surface area contributed by atoms with Crippen molar-refractivity contribution in [3.63, 3.8) is 0 Å². The van der Waals surface area contributed by atoms with E-state index in [4.69, 9.17) is 20.7 Å². The molecule has 0 fully saturated rings. The molecule has 0 rings (SSSR count). The minimum atomic E-state index is -3.85. The molecule has 104 valence electrons. The van der Waals surface area contributed by atoms with E-state index < -0.39 is 6.95 Å². The fourth-order valence-electron chi connectivity index (χ4n) is 1.84. The highest BCUT2D eigenvalue weighted by Crippen LogP contribution is 2.49. The Balaban J connectivity index is 3.81. The van der Waals surface area contributed by atoms with Gasteiger partial charge in [-0.1, -0.05) is 58.8 Å². The largest absolute Gasteiger partial charge is 0.421 e. The van der Waals surface area contributed by atoms with Gasteiger partial charge in [-0.25, -0.2) is 4.57 Å². The van der Waals surface area contributed by atoms with E-state index in [1.165, 1.54) is 19.3 Å². The summed E-state index contributed by atoms with van der Waals surface area (Å²) in [6.07, 6.45) is 9.49. The molecule has 0 aromatic carbocycles. The first kappa shape index (κ1) is 17.4. The van der Waals surface area contributed by atoms with Crippen molar-refractivity contribution in [3.8, 4) is 0 Å². The molecule has 0 aliphatic carbocycles. The van der Waals surface area contributed by atoms with E-state index >= 15 is 0 Å². The first-order valence-electron chi connectivity index (χ1n) is 6.70. The van der Waals surface area contributed by atoms with Gasteiger partial charge < -0.3 is 4.89 Å². The number of rotatable bonds is 11. The molecule has 0 saturated carbocycles. The van der Waals surface area contributed by atoms with Gasteiger partial charge in [0.2, 0.25) is 0 Å². The summed E-state index contributed by atoms with van der Waals surface area (Å²) in [7, 11) is 0. The molecule has 1 N–H and O–H groups in total. The maximum absolute atomic E-state index is 11.0. The van der Waals surface area contributed by atoms with Gasteiger partial charge in [-0.15, -0.1) is 0 Å². The fourth-order valence-corrected chi connectivity index (χ4v) is 2.76. The molecule has 0 bridgehead atoms.